The molecule has 0 unspecified atom stereocenters. The molecule has 0 atom stereocenters. The quantitative estimate of drug-likeness (QED) is 0.352. The Hall–Kier alpha value is 2.27. The molecule has 0 aromatic carbocycles. The average molecular weight is 220 g/mol. The van der Waals surface area contributed by atoms with Crippen LogP contribution in [0.3, 0.4) is 0 Å². The maximum atomic E-state index is 3.91. The van der Waals surface area contributed by atoms with Crippen LogP contribution >= 0.6 is 0 Å². The Morgan fingerprint density at radius 1 is 1.17 bits per heavy atom. The molecule has 0 aliphatic carbocycles. The fraction of sp³-hybridized carbons (Fsp3) is 0.750. The molecule has 0 saturated heterocycles. The maximum Gasteiger partial charge on any atom is 1.00 e. The summed E-state index contributed by atoms with van der Waals surface area (Å²) in [7, 11) is -0.861. The third-order valence-electron chi connectivity index (χ3n) is 0. The summed E-state index contributed by atoms with van der Waals surface area (Å²) in [6, 6.07) is 0. The predicted molar refractivity (Wildman–Crippen MR) is 28.7 cm³/mol. The van der Waals surface area contributed by atoms with Gasteiger partial charge in [0.15, 0.2) is 0 Å². The summed E-state index contributed by atoms with van der Waals surface area (Å²) >= 11 is 0. The largest absolute Gasteiger partial charge is 1.00 e. The fourth-order valence-corrected chi connectivity index (χ4v) is 0. The van der Waals surface area contributed by atoms with Gasteiger partial charge in [0.2, 0.25) is 0 Å². The zero-order valence-electron chi connectivity index (χ0n) is 5.21. The summed E-state index contributed by atoms with van der Waals surface area (Å²) in [6.45, 7) is 10.6. The molecule has 0 rings (SSSR count). The number of hydrogen-bond donors (Lipinski definition) is 0. The Kier molecular flexibility index (Phi) is 7.74. The number of hydrogen-bond acceptors (Lipinski definition) is 0. The standard InChI is InChI=1S/C4H11Si.Cs/c1-5(2,3)4;/h1H2,2-4H3;/q-1;+1. The topological polar surface area (TPSA) is 0 Å². The van der Waals surface area contributed by atoms with Crippen molar-refractivity contribution in [2.75, 3.05) is 0 Å². The summed E-state index contributed by atoms with van der Waals surface area (Å²) in [5.74, 6) is 0. The monoisotopic (exact) mass is 220 g/mol. The first-order chi connectivity index (χ1) is 2.00. The van der Waals surface area contributed by atoms with E-state index >= 15 is 0 Å². The van der Waals surface area contributed by atoms with Crippen LogP contribution in [0.4, 0.5) is 0 Å². The van der Waals surface area contributed by atoms with Crippen molar-refractivity contribution in [3.8, 4) is 0 Å². The molecular weight excluding hydrogens is 209 g/mol. The van der Waals surface area contributed by atoms with E-state index in [4.69, 9.17) is 0 Å². The van der Waals surface area contributed by atoms with Crippen LogP contribution in [0.25, 0.3) is 0 Å². The molecule has 6 heavy (non-hydrogen) atoms. The Morgan fingerprint density at radius 3 is 1.17 bits per heavy atom. The molecule has 2 heteroatoms. The molecule has 0 aliphatic rings. The van der Waals surface area contributed by atoms with Crippen LogP contribution in [-0.4, -0.2) is 8.07 Å². The SMILES string of the molecule is [CH2-][Si](C)(C)C.[Cs+]. The van der Waals surface area contributed by atoms with Gasteiger partial charge in [-0.25, -0.2) is 0 Å². The second kappa shape index (κ2) is 4.18. The van der Waals surface area contributed by atoms with E-state index in [9.17, 15) is 0 Å². The summed E-state index contributed by atoms with van der Waals surface area (Å²) in [5.41, 5.74) is 0. The van der Waals surface area contributed by atoms with E-state index in [1.807, 2.05) is 0 Å². The van der Waals surface area contributed by atoms with Gasteiger partial charge < -0.3 is 6.55 Å². The van der Waals surface area contributed by atoms with Crippen molar-refractivity contribution in [3.63, 3.8) is 0 Å². The summed E-state index contributed by atoms with van der Waals surface area (Å²) in [6.07, 6.45) is 0. The van der Waals surface area contributed by atoms with Gasteiger partial charge in [0, 0.05) is 0 Å². The molecule has 0 aliphatic heterocycles. The molecule has 0 spiro atoms. The first kappa shape index (κ1) is 11.1. The summed E-state index contributed by atoms with van der Waals surface area (Å²) in [4.78, 5) is 0. The number of rotatable bonds is 0. The van der Waals surface area contributed by atoms with E-state index in [1.165, 1.54) is 0 Å². The third-order valence-corrected chi connectivity index (χ3v) is 0. The van der Waals surface area contributed by atoms with Gasteiger partial charge in [-0.2, -0.15) is 0 Å². The second-order valence-electron chi connectivity index (χ2n) is 2.56. The minimum atomic E-state index is -0.861. The van der Waals surface area contributed by atoms with Crippen LogP contribution in [0.5, 0.6) is 0 Å². The molecule has 32 valence electrons. The average Bonchev–Trinajstić information content (AvgIpc) is 0.722. The molecule has 0 aromatic rings. The van der Waals surface area contributed by atoms with E-state index in [1.54, 1.807) is 0 Å². The minimum Gasteiger partial charge on any atom is -0.342 e. The van der Waals surface area contributed by atoms with Crippen LogP contribution in [0.2, 0.25) is 19.6 Å². The van der Waals surface area contributed by atoms with Gasteiger partial charge in [-0.05, 0) is 0 Å². The van der Waals surface area contributed by atoms with Gasteiger partial charge in [-0.1, -0.05) is 19.6 Å². The van der Waals surface area contributed by atoms with Gasteiger partial charge in [0.25, 0.3) is 0 Å². The first-order valence-corrected chi connectivity index (χ1v) is 5.56. The van der Waals surface area contributed by atoms with Gasteiger partial charge in [0.1, 0.15) is 0 Å². The van der Waals surface area contributed by atoms with E-state index in [0.717, 1.165) is 0 Å². The van der Waals surface area contributed by atoms with Crippen molar-refractivity contribution in [1.29, 1.82) is 0 Å². The normalized spacial score (nSPS) is 10.0. The molecule has 0 radical (unpaired) electrons. The molecule has 0 heterocycles. The Balaban J connectivity index is 0. The van der Waals surface area contributed by atoms with Gasteiger partial charge in [0.05, 0.1) is 0 Å². The van der Waals surface area contributed by atoms with Gasteiger partial charge in [-0.15, -0.1) is 8.07 Å². The van der Waals surface area contributed by atoms with Crippen LogP contribution in [0, 0.1) is 6.55 Å². The van der Waals surface area contributed by atoms with Crippen LogP contribution in [0.15, 0.2) is 0 Å². The van der Waals surface area contributed by atoms with Crippen molar-refractivity contribution in [3.05, 3.63) is 6.55 Å². The van der Waals surface area contributed by atoms with E-state index in [0.29, 0.717) is 0 Å². The van der Waals surface area contributed by atoms with Crippen molar-refractivity contribution < 1.29 is 68.9 Å². The van der Waals surface area contributed by atoms with Crippen molar-refractivity contribution >= 4 is 8.07 Å². The molecule has 0 fully saturated rings. The Bertz CT molecular complexity index is 23.0. The van der Waals surface area contributed by atoms with Crippen molar-refractivity contribution in [1.82, 2.24) is 0 Å². The van der Waals surface area contributed by atoms with Crippen molar-refractivity contribution in [2.45, 2.75) is 19.6 Å². The van der Waals surface area contributed by atoms with Gasteiger partial charge in [-0.3, -0.25) is 0 Å². The summed E-state index contributed by atoms with van der Waals surface area (Å²) in [5, 5.41) is 0. The first-order valence-electron chi connectivity index (χ1n) is 1.85. The molecule has 0 N–H and O–H groups in total. The molecule has 0 bridgehead atoms. The maximum absolute atomic E-state index is 3.91. The minimum absolute atomic E-state index is 0. The van der Waals surface area contributed by atoms with Crippen LogP contribution < -0.4 is 68.9 Å². The Morgan fingerprint density at radius 2 is 1.17 bits per heavy atom. The van der Waals surface area contributed by atoms with Crippen LogP contribution in [-0.2, 0) is 0 Å². The van der Waals surface area contributed by atoms with Crippen LogP contribution in [0.1, 0.15) is 0 Å². The smallest absolute Gasteiger partial charge is 0.342 e. The molecule has 0 saturated carbocycles. The molecule has 0 amide bonds. The van der Waals surface area contributed by atoms with Gasteiger partial charge >= 0.3 is 68.9 Å². The van der Waals surface area contributed by atoms with E-state index in [-0.39, 0.29) is 68.9 Å². The van der Waals surface area contributed by atoms with E-state index < -0.39 is 8.07 Å². The summed E-state index contributed by atoms with van der Waals surface area (Å²) < 4.78 is 0. The van der Waals surface area contributed by atoms with Crippen molar-refractivity contribution in [2.24, 2.45) is 0 Å². The second-order valence-corrected chi connectivity index (χ2v) is 7.68. The molecule has 0 aromatic heterocycles. The van der Waals surface area contributed by atoms with E-state index in [2.05, 4.69) is 26.2 Å². The Labute approximate surface area is 101 Å². The zero-order valence-corrected chi connectivity index (χ0v) is 12.5. The molecular formula is C4H11CsSi. The predicted octanol–water partition coefficient (Wildman–Crippen LogP) is -1.30. The third kappa shape index (κ3) is 33.8. The molecule has 0 nitrogen and oxygen atoms in total. The zero-order chi connectivity index (χ0) is 4.50. The fourth-order valence-electron chi connectivity index (χ4n) is 0.